The van der Waals surface area contributed by atoms with Crippen molar-refractivity contribution >= 4 is 34.7 Å². The van der Waals surface area contributed by atoms with Crippen LogP contribution in [0.25, 0.3) is 11.3 Å². The van der Waals surface area contributed by atoms with Crippen LogP contribution >= 0.6 is 0 Å². The van der Waals surface area contributed by atoms with Gasteiger partial charge in [0, 0.05) is 35.7 Å². The highest BCUT2D eigenvalue weighted by Crippen LogP contribution is 2.16. The van der Waals surface area contributed by atoms with Gasteiger partial charge in [-0.1, -0.05) is 24.0 Å². The molecule has 6 aromatic rings. The van der Waals surface area contributed by atoms with Gasteiger partial charge < -0.3 is 24.7 Å². The predicted molar refractivity (Wildman–Crippen MR) is 210 cm³/mol. The van der Waals surface area contributed by atoms with Crippen LogP contribution in [0.1, 0.15) is 67.5 Å². The minimum atomic E-state index is -1.04. The fourth-order valence-electron chi connectivity index (χ4n) is 5.28. The minimum absolute atomic E-state index is 0.0265. The average Bonchev–Trinajstić information content (AvgIpc) is 3.70. The largest absolute Gasteiger partial charge is 0.480 e. The van der Waals surface area contributed by atoms with E-state index < -0.39 is 24.1 Å². The molecule has 0 atom stereocenters. The number of nitrogens with zero attached hydrogens (tertiary/aromatic N) is 4. The van der Waals surface area contributed by atoms with Crippen molar-refractivity contribution < 1.29 is 42.5 Å². The zero-order valence-corrected chi connectivity index (χ0v) is 31.9. The molecule has 4 aromatic heterocycles. The number of aliphatic carboxylic acids is 1. The van der Waals surface area contributed by atoms with Crippen molar-refractivity contribution in [1.29, 1.82) is 5.41 Å². The first-order valence-electron chi connectivity index (χ1n) is 17.9. The first-order chi connectivity index (χ1) is 27.7. The Balaban J connectivity index is 0.000000234. The molecule has 0 bridgehead atoms. The highest BCUT2D eigenvalue weighted by atomic mass is 19.1. The number of carbonyl (C=O) groups excluding carboxylic acids is 2. The first-order valence-corrected chi connectivity index (χ1v) is 17.9. The van der Waals surface area contributed by atoms with Crippen LogP contribution in [-0.2, 0) is 41.8 Å². The summed E-state index contributed by atoms with van der Waals surface area (Å²) in [6.07, 6.45) is 3.21. The highest BCUT2D eigenvalue weighted by Gasteiger charge is 2.19. The number of carboxylic acid groups (broad SMARTS) is 1. The van der Waals surface area contributed by atoms with Crippen LogP contribution in [0.5, 0.6) is 0 Å². The summed E-state index contributed by atoms with van der Waals surface area (Å²) in [5.41, 5.74) is 4.33. The number of esters is 1. The number of rotatable bonds is 12. The second-order valence-electron chi connectivity index (χ2n) is 13.6. The molecule has 4 heterocycles. The number of carboxylic acids is 1. The van der Waals surface area contributed by atoms with E-state index >= 15 is 0 Å². The van der Waals surface area contributed by atoms with Crippen LogP contribution in [0.2, 0.25) is 0 Å². The highest BCUT2D eigenvalue weighted by molar-refractivity contribution is 6.07. The Kier molecular flexibility index (Phi) is 14.3. The smallest absolute Gasteiger partial charge is 0.329 e. The van der Waals surface area contributed by atoms with Gasteiger partial charge in [-0.3, -0.25) is 18.4 Å². The number of halogens is 2. The number of carbonyl (C=O) groups is 3. The van der Waals surface area contributed by atoms with Gasteiger partial charge in [-0.05, 0) is 105 Å². The van der Waals surface area contributed by atoms with Gasteiger partial charge in [-0.25, -0.2) is 23.5 Å². The van der Waals surface area contributed by atoms with Crippen LogP contribution in [0.3, 0.4) is 0 Å². The summed E-state index contributed by atoms with van der Waals surface area (Å²) in [5, 5.41) is 16.5. The number of hydrogen-bond donors (Lipinski definition) is 2. The topological polar surface area (TPSA) is 158 Å². The summed E-state index contributed by atoms with van der Waals surface area (Å²) in [6.45, 7) is 4.68. The van der Waals surface area contributed by atoms with E-state index in [0.29, 0.717) is 45.2 Å². The van der Waals surface area contributed by atoms with Gasteiger partial charge >= 0.3 is 11.9 Å². The SMILES string of the molecule is CC(C)(C)OC(=O)CC(=N)CC(=O)COCc1nc2ccccn2c1C#Cc1ccc(F)cc1.O=C(O)COCc1nc2ccccn2c1C#Cc1ccc(F)cc1. The average molecular weight is 788 g/mol. The number of ether oxygens (including phenoxy) is 3. The van der Waals surface area contributed by atoms with Gasteiger partial charge in [0.2, 0.25) is 0 Å². The minimum Gasteiger partial charge on any atom is -0.480 e. The second-order valence-corrected chi connectivity index (χ2v) is 13.6. The van der Waals surface area contributed by atoms with E-state index in [1.165, 1.54) is 24.3 Å². The zero-order chi connectivity index (χ0) is 41.7. The lowest BCUT2D eigenvalue weighted by Gasteiger charge is -2.19. The van der Waals surface area contributed by atoms with Crippen molar-refractivity contribution in [3.63, 3.8) is 0 Å². The Hall–Kier alpha value is -7.00. The van der Waals surface area contributed by atoms with Crippen LogP contribution < -0.4 is 0 Å². The van der Waals surface area contributed by atoms with Crippen LogP contribution in [0.4, 0.5) is 8.78 Å². The van der Waals surface area contributed by atoms with E-state index in [1.807, 2.05) is 53.2 Å². The maximum absolute atomic E-state index is 13.1. The molecule has 0 radical (unpaired) electrons. The molecule has 0 aliphatic heterocycles. The van der Waals surface area contributed by atoms with Crippen LogP contribution in [0, 0.1) is 40.7 Å². The number of Topliss-reactive ketones (excluding diaryl/α,β-unsaturated/α-hetero) is 1. The maximum Gasteiger partial charge on any atom is 0.329 e. The third-order valence-electron chi connectivity index (χ3n) is 7.70. The van der Waals surface area contributed by atoms with E-state index in [1.54, 1.807) is 49.4 Å². The number of hydrogen-bond acceptors (Lipinski definition) is 9. The van der Waals surface area contributed by atoms with Gasteiger partial charge in [0.1, 0.15) is 64.5 Å². The third kappa shape index (κ3) is 12.8. The Morgan fingerprint density at radius 3 is 1.60 bits per heavy atom. The maximum atomic E-state index is 13.1. The van der Waals surface area contributed by atoms with E-state index in [2.05, 4.69) is 33.6 Å². The van der Waals surface area contributed by atoms with Gasteiger partial charge in [0.15, 0.2) is 5.78 Å². The molecule has 296 valence electrons. The van der Waals surface area contributed by atoms with Gasteiger partial charge in [0.05, 0.1) is 19.6 Å². The lowest BCUT2D eigenvalue weighted by atomic mass is 10.1. The van der Waals surface area contributed by atoms with E-state index in [0.717, 1.165) is 0 Å². The number of nitrogens with one attached hydrogen (secondary N) is 1. The van der Waals surface area contributed by atoms with Gasteiger partial charge in [-0.2, -0.15) is 0 Å². The Bertz CT molecular complexity index is 2550. The second kappa shape index (κ2) is 19.7. The van der Waals surface area contributed by atoms with Crippen molar-refractivity contribution in [2.24, 2.45) is 0 Å². The van der Waals surface area contributed by atoms with Crippen molar-refractivity contribution in [2.45, 2.75) is 52.4 Å². The Morgan fingerprint density at radius 2 is 1.16 bits per heavy atom. The zero-order valence-electron chi connectivity index (χ0n) is 31.9. The van der Waals surface area contributed by atoms with Crippen molar-refractivity contribution in [3.8, 4) is 23.7 Å². The summed E-state index contributed by atoms with van der Waals surface area (Å²) in [7, 11) is 0. The first kappa shape index (κ1) is 42.1. The van der Waals surface area contributed by atoms with Gasteiger partial charge in [0.25, 0.3) is 0 Å². The fraction of sp³-hybridized carbons (Fsp3) is 0.227. The summed E-state index contributed by atoms with van der Waals surface area (Å²) in [4.78, 5) is 43.5. The summed E-state index contributed by atoms with van der Waals surface area (Å²) in [6, 6.07) is 22.8. The molecule has 14 heteroatoms. The van der Waals surface area contributed by atoms with Crippen molar-refractivity contribution in [3.05, 3.63) is 143 Å². The number of imidazole rings is 2. The number of pyridine rings is 2. The van der Waals surface area contributed by atoms with Crippen molar-refractivity contribution in [2.75, 3.05) is 13.2 Å². The lowest BCUT2D eigenvalue weighted by Crippen LogP contribution is -2.26. The molecule has 58 heavy (non-hydrogen) atoms. The molecule has 0 aliphatic rings. The molecule has 0 saturated heterocycles. The van der Waals surface area contributed by atoms with Crippen LogP contribution in [-0.4, -0.2) is 66.1 Å². The monoisotopic (exact) mass is 787 g/mol. The summed E-state index contributed by atoms with van der Waals surface area (Å²) >= 11 is 0. The van der Waals surface area contributed by atoms with Crippen molar-refractivity contribution in [1.82, 2.24) is 18.8 Å². The molecule has 12 nitrogen and oxygen atoms in total. The molecule has 0 spiro atoms. The van der Waals surface area contributed by atoms with Crippen LogP contribution in [0.15, 0.2) is 97.3 Å². The third-order valence-corrected chi connectivity index (χ3v) is 7.70. The predicted octanol–water partition coefficient (Wildman–Crippen LogP) is 6.57. The summed E-state index contributed by atoms with van der Waals surface area (Å²) in [5.74, 6) is 9.46. The molecular formula is C44H39F2N5O7. The molecule has 2 aromatic carbocycles. The standard InChI is InChI=1S/C26H26FN3O4.C18H13FN2O3/c1-26(2,3)34-25(32)15-20(28)14-21(31)16-33-17-22-23(30-13-5-4-6-24(30)29-22)12-9-18-7-10-19(27)11-8-18;19-14-7-4-13(5-8-14)6-9-16-15(11-24-12-18(22)23)20-17-3-1-2-10-21(16)17/h4-8,10-11,13,28H,14-17H2,1-3H3;1-5,7-8,10H,11-12H2,(H,22,23). The fourth-order valence-corrected chi connectivity index (χ4v) is 5.28. The lowest BCUT2D eigenvalue weighted by molar-refractivity contribution is -0.153. The van der Waals surface area contributed by atoms with Gasteiger partial charge in [-0.15, -0.1) is 0 Å². The number of ketones is 1. The molecular weight excluding hydrogens is 749 g/mol. The summed E-state index contributed by atoms with van der Waals surface area (Å²) < 4.78 is 45.6. The normalized spacial score (nSPS) is 10.8. The number of benzene rings is 2. The number of fused-ring (bicyclic) bond motifs is 2. The molecule has 0 fully saturated rings. The quantitative estimate of drug-likeness (QED) is 0.0795. The van der Waals surface area contributed by atoms with E-state index in [4.69, 9.17) is 24.7 Å². The number of aromatic nitrogens is 4. The molecule has 2 N–H and O–H groups in total. The molecule has 0 saturated carbocycles. The van der Waals surface area contributed by atoms with E-state index in [-0.39, 0.29) is 55.8 Å². The molecule has 0 aliphatic carbocycles. The Labute approximate surface area is 332 Å². The van der Waals surface area contributed by atoms with E-state index in [9.17, 15) is 23.2 Å². The molecule has 6 rings (SSSR count). The molecule has 0 unspecified atom stereocenters. The molecule has 0 amide bonds. The Morgan fingerprint density at radius 1 is 0.690 bits per heavy atom.